The average molecular weight is 263 g/mol. The average Bonchev–Trinajstić information content (AvgIpc) is 2.90. The van der Waals surface area contributed by atoms with E-state index in [1.165, 1.54) is 22.6 Å². The standard InChI is InChI=1S/C14H21N3S/c1-4-5-8-17-10-11(2)16-14(17)15-9-13-7-6-12(3)18-13/h6-7,10H,4-5,8-9H2,1-3H3,(H,15,16). The van der Waals surface area contributed by atoms with Crippen molar-refractivity contribution >= 4 is 17.3 Å². The topological polar surface area (TPSA) is 29.9 Å². The van der Waals surface area contributed by atoms with E-state index in [9.17, 15) is 0 Å². The number of aromatic nitrogens is 2. The molecule has 0 bridgehead atoms. The van der Waals surface area contributed by atoms with E-state index in [0.717, 1.165) is 24.7 Å². The number of imidazole rings is 1. The molecule has 98 valence electrons. The van der Waals surface area contributed by atoms with Gasteiger partial charge in [-0.15, -0.1) is 11.3 Å². The zero-order chi connectivity index (χ0) is 13.0. The molecule has 1 N–H and O–H groups in total. The van der Waals surface area contributed by atoms with E-state index in [-0.39, 0.29) is 0 Å². The highest BCUT2D eigenvalue weighted by Gasteiger charge is 2.05. The van der Waals surface area contributed by atoms with Crippen molar-refractivity contribution in [1.82, 2.24) is 9.55 Å². The van der Waals surface area contributed by atoms with Crippen molar-refractivity contribution in [2.45, 2.75) is 46.7 Å². The minimum absolute atomic E-state index is 0.862. The predicted octanol–water partition coefficient (Wildman–Crippen LogP) is 3.97. The summed E-state index contributed by atoms with van der Waals surface area (Å²) in [6.45, 7) is 8.30. The molecule has 2 aromatic heterocycles. The molecular weight excluding hydrogens is 242 g/mol. The molecule has 2 rings (SSSR count). The first-order chi connectivity index (χ1) is 8.69. The van der Waals surface area contributed by atoms with Crippen LogP contribution in [0.4, 0.5) is 5.95 Å². The summed E-state index contributed by atoms with van der Waals surface area (Å²) in [4.78, 5) is 7.26. The van der Waals surface area contributed by atoms with Gasteiger partial charge in [0.25, 0.3) is 0 Å². The van der Waals surface area contributed by atoms with Gasteiger partial charge in [0.15, 0.2) is 0 Å². The van der Waals surface area contributed by atoms with Gasteiger partial charge in [-0.3, -0.25) is 0 Å². The Morgan fingerprint density at radius 1 is 1.33 bits per heavy atom. The van der Waals surface area contributed by atoms with E-state index in [1.807, 2.05) is 18.3 Å². The van der Waals surface area contributed by atoms with Crippen LogP contribution in [0.5, 0.6) is 0 Å². The first-order valence-corrected chi connectivity index (χ1v) is 7.33. The number of thiophene rings is 1. The molecule has 2 aromatic rings. The quantitative estimate of drug-likeness (QED) is 0.854. The lowest BCUT2D eigenvalue weighted by atomic mass is 10.3. The largest absolute Gasteiger partial charge is 0.351 e. The molecule has 0 spiro atoms. The monoisotopic (exact) mass is 263 g/mol. The second-order valence-electron chi connectivity index (χ2n) is 4.62. The Hall–Kier alpha value is -1.29. The van der Waals surface area contributed by atoms with E-state index >= 15 is 0 Å². The fourth-order valence-corrected chi connectivity index (χ4v) is 2.76. The lowest BCUT2D eigenvalue weighted by Crippen LogP contribution is -2.06. The molecule has 0 amide bonds. The first-order valence-electron chi connectivity index (χ1n) is 6.52. The maximum absolute atomic E-state index is 4.54. The fraction of sp³-hybridized carbons (Fsp3) is 0.500. The zero-order valence-corrected chi connectivity index (χ0v) is 12.2. The molecule has 0 atom stereocenters. The summed E-state index contributed by atoms with van der Waals surface area (Å²) in [6.07, 6.45) is 4.53. The van der Waals surface area contributed by atoms with Crippen molar-refractivity contribution in [3.8, 4) is 0 Å². The predicted molar refractivity (Wildman–Crippen MR) is 78.3 cm³/mol. The van der Waals surface area contributed by atoms with Crippen LogP contribution in [-0.4, -0.2) is 9.55 Å². The summed E-state index contributed by atoms with van der Waals surface area (Å²) in [5, 5.41) is 3.43. The van der Waals surface area contributed by atoms with Crippen molar-refractivity contribution in [3.05, 3.63) is 33.8 Å². The van der Waals surface area contributed by atoms with Gasteiger partial charge in [0.1, 0.15) is 0 Å². The molecule has 0 radical (unpaired) electrons. The van der Waals surface area contributed by atoms with Crippen molar-refractivity contribution in [2.24, 2.45) is 0 Å². The summed E-state index contributed by atoms with van der Waals surface area (Å²) in [5.74, 6) is 0.993. The SMILES string of the molecule is CCCCn1cc(C)nc1NCc1ccc(C)s1. The number of unbranched alkanes of at least 4 members (excludes halogenated alkanes) is 1. The summed E-state index contributed by atoms with van der Waals surface area (Å²) in [7, 11) is 0. The number of rotatable bonds is 6. The third-order valence-electron chi connectivity index (χ3n) is 2.87. The number of hydrogen-bond donors (Lipinski definition) is 1. The van der Waals surface area contributed by atoms with Gasteiger partial charge in [0.2, 0.25) is 5.95 Å². The third kappa shape index (κ3) is 3.35. The van der Waals surface area contributed by atoms with Crippen LogP contribution < -0.4 is 5.32 Å². The maximum Gasteiger partial charge on any atom is 0.203 e. The minimum Gasteiger partial charge on any atom is -0.351 e. The molecule has 0 saturated heterocycles. The van der Waals surface area contributed by atoms with Crippen LogP contribution in [0.25, 0.3) is 0 Å². The van der Waals surface area contributed by atoms with Gasteiger partial charge in [-0.2, -0.15) is 0 Å². The summed E-state index contributed by atoms with van der Waals surface area (Å²) >= 11 is 1.84. The Morgan fingerprint density at radius 2 is 2.17 bits per heavy atom. The minimum atomic E-state index is 0.862. The second kappa shape index (κ2) is 6.05. The summed E-state index contributed by atoms with van der Waals surface area (Å²) < 4.78 is 2.22. The van der Waals surface area contributed by atoms with Gasteiger partial charge in [-0.25, -0.2) is 4.98 Å². The molecule has 0 fully saturated rings. The molecule has 0 aliphatic rings. The number of anilines is 1. The van der Waals surface area contributed by atoms with Crippen LogP contribution in [0.15, 0.2) is 18.3 Å². The fourth-order valence-electron chi connectivity index (χ4n) is 1.93. The van der Waals surface area contributed by atoms with Crippen molar-refractivity contribution in [1.29, 1.82) is 0 Å². The van der Waals surface area contributed by atoms with Crippen LogP contribution >= 0.6 is 11.3 Å². The molecule has 18 heavy (non-hydrogen) atoms. The molecule has 0 unspecified atom stereocenters. The number of aryl methyl sites for hydroxylation is 3. The summed E-state index contributed by atoms with van der Waals surface area (Å²) in [6, 6.07) is 4.34. The number of hydrogen-bond acceptors (Lipinski definition) is 3. The Kier molecular flexibility index (Phi) is 4.42. The van der Waals surface area contributed by atoms with Gasteiger partial charge in [-0.1, -0.05) is 13.3 Å². The van der Waals surface area contributed by atoms with Gasteiger partial charge >= 0.3 is 0 Å². The Morgan fingerprint density at radius 3 is 2.83 bits per heavy atom. The van der Waals surface area contributed by atoms with E-state index in [1.54, 1.807) is 0 Å². The molecule has 3 nitrogen and oxygen atoms in total. The molecule has 2 heterocycles. The number of nitrogens with one attached hydrogen (secondary N) is 1. The lowest BCUT2D eigenvalue weighted by molar-refractivity contribution is 0.635. The van der Waals surface area contributed by atoms with Gasteiger partial charge in [0.05, 0.1) is 12.2 Å². The Labute approximate surface area is 113 Å². The number of nitrogens with zero attached hydrogens (tertiary/aromatic N) is 2. The molecule has 0 aliphatic carbocycles. The van der Waals surface area contributed by atoms with Crippen LogP contribution in [0.1, 0.15) is 35.2 Å². The molecular formula is C14H21N3S. The molecule has 0 saturated carbocycles. The van der Waals surface area contributed by atoms with Gasteiger partial charge in [-0.05, 0) is 32.4 Å². The van der Waals surface area contributed by atoms with Crippen LogP contribution in [0.2, 0.25) is 0 Å². The van der Waals surface area contributed by atoms with Crippen molar-refractivity contribution in [3.63, 3.8) is 0 Å². The van der Waals surface area contributed by atoms with E-state index in [2.05, 4.69) is 47.0 Å². The van der Waals surface area contributed by atoms with Crippen LogP contribution in [0.3, 0.4) is 0 Å². The van der Waals surface area contributed by atoms with Crippen LogP contribution in [0, 0.1) is 13.8 Å². The lowest BCUT2D eigenvalue weighted by Gasteiger charge is -2.08. The highest BCUT2D eigenvalue weighted by Crippen LogP contribution is 2.17. The van der Waals surface area contributed by atoms with Crippen molar-refractivity contribution < 1.29 is 0 Å². The van der Waals surface area contributed by atoms with Crippen LogP contribution in [-0.2, 0) is 13.1 Å². The van der Waals surface area contributed by atoms with E-state index in [4.69, 9.17) is 0 Å². The van der Waals surface area contributed by atoms with E-state index in [0.29, 0.717) is 0 Å². The zero-order valence-electron chi connectivity index (χ0n) is 11.4. The second-order valence-corrected chi connectivity index (χ2v) is 5.99. The smallest absolute Gasteiger partial charge is 0.203 e. The first kappa shape index (κ1) is 13.1. The third-order valence-corrected chi connectivity index (χ3v) is 3.87. The molecule has 0 aromatic carbocycles. The molecule has 4 heteroatoms. The summed E-state index contributed by atoms with van der Waals surface area (Å²) in [5.41, 5.74) is 1.08. The Balaban J connectivity index is 1.99. The van der Waals surface area contributed by atoms with Gasteiger partial charge in [0, 0.05) is 22.5 Å². The highest BCUT2D eigenvalue weighted by molar-refractivity contribution is 7.11. The molecule has 0 aliphatic heterocycles. The maximum atomic E-state index is 4.54. The Bertz CT molecular complexity index is 499. The van der Waals surface area contributed by atoms with Crippen molar-refractivity contribution in [2.75, 3.05) is 5.32 Å². The normalized spacial score (nSPS) is 10.8. The van der Waals surface area contributed by atoms with Gasteiger partial charge < -0.3 is 9.88 Å². The highest BCUT2D eigenvalue weighted by atomic mass is 32.1. The van der Waals surface area contributed by atoms with E-state index < -0.39 is 0 Å².